The Balaban J connectivity index is 2.62. The molecule has 0 spiro atoms. The summed E-state index contributed by atoms with van der Waals surface area (Å²) in [7, 11) is 0. The maximum atomic E-state index is 11.4. The fourth-order valence-electron chi connectivity index (χ4n) is 1.99. The van der Waals surface area contributed by atoms with Crippen LogP contribution in [0.5, 0.6) is 0 Å². The van der Waals surface area contributed by atoms with Crippen LogP contribution in [0.3, 0.4) is 0 Å². The summed E-state index contributed by atoms with van der Waals surface area (Å²) in [5.74, 6) is 0.465. The van der Waals surface area contributed by atoms with E-state index < -0.39 is 0 Å². The number of nitrogens with zero attached hydrogens (tertiary/aromatic N) is 1. The molecule has 0 aliphatic carbocycles. The fraction of sp³-hybridized carbons (Fsp3) is 0.333. The molecule has 0 aliphatic rings. The van der Waals surface area contributed by atoms with Gasteiger partial charge >= 0.3 is 5.69 Å². The van der Waals surface area contributed by atoms with Gasteiger partial charge in [-0.15, -0.1) is 0 Å². The minimum absolute atomic E-state index is 0.292. The van der Waals surface area contributed by atoms with Gasteiger partial charge in [-0.05, 0) is 43.0 Å². The molecule has 1 aromatic carbocycles. The topological polar surface area (TPSA) is 45.8 Å². The lowest BCUT2D eigenvalue weighted by Gasteiger charge is -2.11. The molecule has 94 valence electrons. The summed E-state index contributed by atoms with van der Waals surface area (Å²) in [6, 6.07) is 8.25. The van der Waals surface area contributed by atoms with Crippen LogP contribution in [0.1, 0.15) is 36.6 Å². The van der Waals surface area contributed by atoms with Gasteiger partial charge in [0.2, 0.25) is 0 Å². The molecule has 2 rings (SSSR count). The summed E-state index contributed by atoms with van der Waals surface area (Å²) >= 11 is 0. The average molecular weight is 242 g/mol. The van der Waals surface area contributed by atoms with Gasteiger partial charge in [0.25, 0.3) is 0 Å². The zero-order chi connectivity index (χ0) is 13.3. The van der Waals surface area contributed by atoms with Gasteiger partial charge in [-0.25, -0.2) is 4.79 Å². The number of benzene rings is 1. The fourth-order valence-corrected chi connectivity index (χ4v) is 1.99. The highest BCUT2D eigenvalue weighted by Gasteiger charge is 2.08. The van der Waals surface area contributed by atoms with Crippen LogP contribution in [0.2, 0.25) is 0 Å². The van der Waals surface area contributed by atoms with Crippen molar-refractivity contribution >= 4 is 0 Å². The first-order chi connectivity index (χ1) is 8.47. The second-order valence-corrected chi connectivity index (χ2v) is 4.98. The quantitative estimate of drug-likeness (QED) is 0.879. The molecule has 0 bridgehead atoms. The number of aryl methyl sites for hydroxylation is 2. The lowest BCUT2D eigenvalue weighted by atomic mass is 9.96. The number of nitrogens with one attached hydrogen (secondary N) is 1. The first-order valence-corrected chi connectivity index (χ1v) is 6.16. The number of H-pyrrole nitrogens is 1. The molecular formula is C15H18N2O. The molecule has 0 aliphatic heterocycles. The number of aromatic amines is 1. The summed E-state index contributed by atoms with van der Waals surface area (Å²) < 4.78 is 0. The van der Waals surface area contributed by atoms with Crippen LogP contribution in [0.15, 0.2) is 29.1 Å². The molecule has 3 heteroatoms. The van der Waals surface area contributed by atoms with Crippen LogP contribution in [0.25, 0.3) is 11.3 Å². The predicted octanol–water partition coefficient (Wildman–Crippen LogP) is 3.18. The van der Waals surface area contributed by atoms with E-state index in [4.69, 9.17) is 0 Å². The van der Waals surface area contributed by atoms with Crippen LogP contribution >= 0.6 is 0 Å². The van der Waals surface area contributed by atoms with E-state index in [0.717, 1.165) is 22.5 Å². The first-order valence-electron chi connectivity index (χ1n) is 6.16. The zero-order valence-electron chi connectivity index (χ0n) is 11.2. The van der Waals surface area contributed by atoms with Crippen molar-refractivity contribution in [3.05, 3.63) is 51.6 Å². The number of hydrogen-bond acceptors (Lipinski definition) is 2. The summed E-state index contributed by atoms with van der Waals surface area (Å²) in [6.45, 7) is 8.22. The van der Waals surface area contributed by atoms with Gasteiger partial charge < -0.3 is 4.98 Å². The highest BCUT2D eigenvalue weighted by atomic mass is 16.1. The van der Waals surface area contributed by atoms with E-state index in [0.29, 0.717) is 5.92 Å². The van der Waals surface area contributed by atoms with Gasteiger partial charge in [0.15, 0.2) is 0 Å². The molecule has 1 aromatic heterocycles. The van der Waals surface area contributed by atoms with Crippen molar-refractivity contribution in [1.82, 2.24) is 9.97 Å². The minimum Gasteiger partial charge on any atom is -0.310 e. The zero-order valence-corrected chi connectivity index (χ0v) is 11.2. The Hall–Kier alpha value is -1.90. The predicted molar refractivity (Wildman–Crippen MR) is 73.9 cm³/mol. The first kappa shape index (κ1) is 12.6. The highest BCUT2D eigenvalue weighted by Crippen LogP contribution is 2.25. The van der Waals surface area contributed by atoms with Crippen molar-refractivity contribution < 1.29 is 0 Å². The third kappa shape index (κ3) is 2.50. The standard InChI is InChI=1S/C15H18N2O/c1-9(2)12-6-5-10(3)13(8-12)14-7-11(4)16-15(18)17-14/h5-9H,1-4H3,(H,16,17,18). The number of aromatic nitrogens is 2. The molecule has 0 atom stereocenters. The second-order valence-electron chi connectivity index (χ2n) is 4.98. The lowest BCUT2D eigenvalue weighted by Crippen LogP contribution is -2.12. The normalized spacial score (nSPS) is 10.9. The van der Waals surface area contributed by atoms with E-state index in [1.165, 1.54) is 5.56 Å². The third-order valence-corrected chi connectivity index (χ3v) is 3.08. The van der Waals surface area contributed by atoms with Crippen LogP contribution in [-0.2, 0) is 0 Å². The molecule has 18 heavy (non-hydrogen) atoms. The van der Waals surface area contributed by atoms with Crippen molar-refractivity contribution in [2.75, 3.05) is 0 Å². The van der Waals surface area contributed by atoms with Crippen molar-refractivity contribution in [2.24, 2.45) is 0 Å². The van der Waals surface area contributed by atoms with Crippen molar-refractivity contribution in [3.8, 4) is 11.3 Å². The summed E-state index contributed by atoms with van der Waals surface area (Å²) in [6.07, 6.45) is 0. The van der Waals surface area contributed by atoms with Gasteiger partial charge in [-0.2, -0.15) is 4.98 Å². The Labute approximate surface area is 107 Å². The summed E-state index contributed by atoms with van der Waals surface area (Å²) in [5, 5.41) is 0. The van der Waals surface area contributed by atoms with E-state index in [9.17, 15) is 4.79 Å². The summed E-state index contributed by atoms with van der Waals surface area (Å²) in [5.41, 5.74) is 4.72. The van der Waals surface area contributed by atoms with E-state index in [1.807, 2.05) is 19.9 Å². The van der Waals surface area contributed by atoms with Crippen molar-refractivity contribution in [2.45, 2.75) is 33.6 Å². The largest absolute Gasteiger partial charge is 0.345 e. The molecule has 1 heterocycles. The Morgan fingerprint density at radius 2 is 1.89 bits per heavy atom. The summed E-state index contributed by atoms with van der Waals surface area (Å²) in [4.78, 5) is 18.2. The SMILES string of the molecule is Cc1cc(-c2cc(C(C)C)ccc2C)nc(=O)[nH]1. The van der Waals surface area contributed by atoms with Gasteiger partial charge in [0.1, 0.15) is 0 Å². The third-order valence-electron chi connectivity index (χ3n) is 3.08. The van der Waals surface area contributed by atoms with Crippen LogP contribution in [0.4, 0.5) is 0 Å². The van der Waals surface area contributed by atoms with Gasteiger partial charge in [0.05, 0.1) is 5.69 Å². The molecule has 0 radical (unpaired) electrons. The monoisotopic (exact) mass is 242 g/mol. The van der Waals surface area contributed by atoms with Crippen molar-refractivity contribution in [3.63, 3.8) is 0 Å². The lowest BCUT2D eigenvalue weighted by molar-refractivity contribution is 0.866. The molecule has 1 N–H and O–H groups in total. The molecule has 2 aromatic rings. The average Bonchev–Trinajstić information content (AvgIpc) is 2.27. The molecule has 0 amide bonds. The van der Waals surface area contributed by atoms with E-state index in [2.05, 4.69) is 42.0 Å². The maximum absolute atomic E-state index is 11.4. The van der Waals surface area contributed by atoms with Gasteiger partial charge in [0, 0.05) is 11.3 Å². The smallest absolute Gasteiger partial charge is 0.310 e. The number of rotatable bonds is 2. The van der Waals surface area contributed by atoms with Crippen LogP contribution in [0, 0.1) is 13.8 Å². The van der Waals surface area contributed by atoms with Crippen LogP contribution in [-0.4, -0.2) is 9.97 Å². The van der Waals surface area contributed by atoms with E-state index >= 15 is 0 Å². The Bertz CT molecular complexity index is 627. The van der Waals surface area contributed by atoms with Gasteiger partial charge in [-0.3, -0.25) is 0 Å². The Morgan fingerprint density at radius 1 is 1.17 bits per heavy atom. The minimum atomic E-state index is -0.292. The molecule has 0 fully saturated rings. The molecular weight excluding hydrogens is 224 g/mol. The molecule has 3 nitrogen and oxygen atoms in total. The second kappa shape index (κ2) is 4.77. The Kier molecular flexibility index (Phi) is 3.32. The van der Waals surface area contributed by atoms with E-state index in [1.54, 1.807) is 0 Å². The van der Waals surface area contributed by atoms with Crippen LogP contribution < -0.4 is 5.69 Å². The van der Waals surface area contributed by atoms with Crippen molar-refractivity contribution in [1.29, 1.82) is 0 Å². The molecule has 0 unspecified atom stereocenters. The van der Waals surface area contributed by atoms with E-state index in [-0.39, 0.29) is 5.69 Å². The molecule has 0 saturated heterocycles. The number of hydrogen-bond donors (Lipinski definition) is 1. The Morgan fingerprint density at radius 3 is 2.50 bits per heavy atom. The molecule has 0 saturated carbocycles. The maximum Gasteiger partial charge on any atom is 0.345 e. The van der Waals surface area contributed by atoms with Gasteiger partial charge in [-0.1, -0.05) is 26.0 Å². The highest BCUT2D eigenvalue weighted by molar-refractivity contribution is 5.64.